The van der Waals surface area contributed by atoms with Gasteiger partial charge in [0.25, 0.3) is 11.5 Å². The van der Waals surface area contributed by atoms with Crippen molar-refractivity contribution in [2.75, 3.05) is 20.2 Å². The topological polar surface area (TPSA) is 77.3 Å². The molecule has 1 saturated carbocycles. The molecule has 2 aromatic heterocycles. The summed E-state index contributed by atoms with van der Waals surface area (Å²) in [5.74, 6) is -0.497. The van der Waals surface area contributed by atoms with Gasteiger partial charge in [-0.15, -0.1) is 0 Å². The van der Waals surface area contributed by atoms with Crippen LogP contribution < -0.4 is 10.3 Å². The lowest BCUT2D eigenvalue weighted by Gasteiger charge is -2.39. The smallest absolute Gasteiger partial charge is 0.273 e. The number of pyridine rings is 1. The molecule has 1 saturated heterocycles. The van der Waals surface area contributed by atoms with E-state index in [4.69, 9.17) is 4.74 Å². The highest BCUT2D eigenvalue weighted by atomic mass is 19.1. The molecule has 0 atom stereocenters. The Kier molecular flexibility index (Phi) is 4.76. The van der Waals surface area contributed by atoms with Crippen molar-refractivity contribution in [1.82, 2.24) is 19.7 Å². The Bertz CT molecular complexity index is 1270. The number of hydrogen-bond acceptors (Lipinski definition) is 5. The number of alkyl halides is 1. The van der Waals surface area contributed by atoms with Gasteiger partial charge in [0.15, 0.2) is 0 Å². The van der Waals surface area contributed by atoms with E-state index in [1.165, 1.54) is 47.2 Å². The third-order valence-corrected chi connectivity index (χ3v) is 5.94. The molecular formula is C23H20F2N4O3. The van der Waals surface area contributed by atoms with Crippen molar-refractivity contribution >= 4 is 5.91 Å². The van der Waals surface area contributed by atoms with Crippen LogP contribution in [0.4, 0.5) is 8.78 Å². The first-order valence-electron chi connectivity index (χ1n) is 10.3. The third-order valence-electron chi connectivity index (χ3n) is 5.94. The standard InChI is InChI=1S/C23H20F2N4O3/c1-32-19-11-14(24)4-5-16(19)18-6-7-20(30)29(27-18)15-12-28(13-15)22(31)21-17(3-2-10-26-21)23(25)8-9-23/h2-7,10-11,15H,8-9,12-13H2,1H3. The molecular weight excluding hydrogens is 418 g/mol. The van der Waals surface area contributed by atoms with Gasteiger partial charge < -0.3 is 9.64 Å². The van der Waals surface area contributed by atoms with Crippen LogP contribution in [0, 0.1) is 5.82 Å². The Morgan fingerprint density at radius 1 is 1.19 bits per heavy atom. The molecule has 1 aromatic carbocycles. The minimum absolute atomic E-state index is 0.121. The Labute approximate surface area is 182 Å². The normalized spacial score (nSPS) is 17.0. The molecule has 5 rings (SSSR count). The Morgan fingerprint density at radius 2 is 1.97 bits per heavy atom. The maximum absolute atomic E-state index is 14.6. The second-order valence-electron chi connectivity index (χ2n) is 8.07. The second kappa shape index (κ2) is 7.51. The van der Waals surface area contributed by atoms with Gasteiger partial charge >= 0.3 is 0 Å². The van der Waals surface area contributed by atoms with Crippen molar-refractivity contribution in [3.63, 3.8) is 0 Å². The van der Waals surface area contributed by atoms with Gasteiger partial charge in [-0.2, -0.15) is 5.10 Å². The molecule has 0 unspecified atom stereocenters. The zero-order chi connectivity index (χ0) is 22.5. The molecule has 3 aromatic rings. The molecule has 0 bridgehead atoms. The zero-order valence-electron chi connectivity index (χ0n) is 17.3. The van der Waals surface area contributed by atoms with Crippen LogP contribution in [-0.4, -0.2) is 45.8 Å². The Hall–Kier alpha value is -3.62. The SMILES string of the molecule is COc1cc(F)ccc1-c1ccc(=O)n(C2CN(C(=O)c3ncccc3C3(F)CC3)C2)n1. The molecule has 1 aliphatic heterocycles. The number of ether oxygens (including phenoxy) is 1. The van der Waals surface area contributed by atoms with E-state index in [1.54, 1.807) is 18.2 Å². The fourth-order valence-electron chi connectivity index (χ4n) is 3.95. The highest BCUT2D eigenvalue weighted by Gasteiger charge is 2.48. The maximum Gasteiger partial charge on any atom is 0.273 e. The predicted molar refractivity (Wildman–Crippen MR) is 112 cm³/mol. The minimum atomic E-state index is -1.47. The largest absolute Gasteiger partial charge is 0.496 e. The van der Waals surface area contributed by atoms with E-state index in [0.29, 0.717) is 35.4 Å². The van der Waals surface area contributed by atoms with Crippen LogP contribution in [-0.2, 0) is 5.67 Å². The number of methoxy groups -OCH3 is 1. The number of carbonyl (C=O) groups excluding carboxylic acids is 1. The number of nitrogens with zero attached hydrogens (tertiary/aromatic N) is 4. The summed E-state index contributed by atoms with van der Waals surface area (Å²) in [6.07, 6.45) is 2.26. The van der Waals surface area contributed by atoms with Gasteiger partial charge in [-0.3, -0.25) is 14.6 Å². The first-order chi connectivity index (χ1) is 15.4. The molecule has 164 valence electrons. The minimum Gasteiger partial charge on any atom is -0.496 e. The lowest BCUT2D eigenvalue weighted by Crippen LogP contribution is -2.53. The van der Waals surface area contributed by atoms with Crippen LogP contribution in [0.3, 0.4) is 0 Å². The molecule has 2 aliphatic rings. The van der Waals surface area contributed by atoms with E-state index in [9.17, 15) is 18.4 Å². The quantitative estimate of drug-likeness (QED) is 0.612. The number of halogens is 2. The van der Waals surface area contributed by atoms with Crippen molar-refractivity contribution < 1.29 is 18.3 Å². The number of hydrogen-bond donors (Lipinski definition) is 0. The average molecular weight is 438 g/mol. The van der Waals surface area contributed by atoms with Gasteiger partial charge in [-0.25, -0.2) is 13.5 Å². The van der Waals surface area contributed by atoms with Gasteiger partial charge in [-0.05, 0) is 37.1 Å². The summed E-state index contributed by atoms with van der Waals surface area (Å²) in [6, 6.07) is 9.91. The summed E-state index contributed by atoms with van der Waals surface area (Å²) in [6.45, 7) is 0.510. The van der Waals surface area contributed by atoms with Crippen LogP contribution in [0.5, 0.6) is 5.75 Å². The summed E-state index contributed by atoms with van der Waals surface area (Å²) in [5, 5.41) is 4.42. The molecule has 2 fully saturated rings. The van der Waals surface area contributed by atoms with Crippen molar-refractivity contribution in [2.45, 2.75) is 24.6 Å². The number of carbonyl (C=O) groups is 1. The molecule has 9 heteroatoms. The van der Waals surface area contributed by atoms with Crippen LogP contribution in [0.15, 0.2) is 53.5 Å². The van der Waals surface area contributed by atoms with Gasteiger partial charge in [0.2, 0.25) is 0 Å². The molecule has 1 aliphatic carbocycles. The van der Waals surface area contributed by atoms with E-state index < -0.39 is 11.5 Å². The van der Waals surface area contributed by atoms with E-state index in [2.05, 4.69) is 10.1 Å². The number of amides is 1. The van der Waals surface area contributed by atoms with Crippen molar-refractivity contribution in [1.29, 1.82) is 0 Å². The lowest BCUT2D eigenvalue weighted by atomic mass is 10.0. The number of likely N-dealkylation sites (tertiary alicyclic amines) is 1. The van der Waals surface area contributed by atoms with E-state index in [1.807, 2.05) is 0 Å². The molecule has 3 heterocycles. The first-order valence-corrected chi connectivity index (χ1v) is 10.3. The highest BCUT2D eigenvalue weighted by Crippen LogP contribution is 2.50. The van der Waals surface area contributed by atoms with Crippen LogP contribution in [0.25, 0.3) is 11.3 Å². The summed E-state index contributed by atoms with van der Waals surface area (Å²) >= 11 is 0. The summed E-state index contributed by atoms with van der Waals surface area (Å²) < 4.78 is 34.7. The fourth-order valence-corrected chi connectivity index (χ4v) is 3.95. The lowest BCUT2D eigenvalue weighted by molar-refractivity contribution is 0.0483. The van der Waals surface area contributed by atoms with E-state index in [-0.39, 0.29) is 36.3 Å². The van der Waals surface area contributed by atoms with Crippen LogP contribution in [0.2, 0.25) is 0 Å². The van der Waals surface area contributed by atoms with Gasteiger partial charge in [0.05, 0.1) is 18.8 Å². The summed E-state index contributed by atoms with van der Waals surface area (Å²) in [5.41, 5.74) is -0.335. The fraction of sp³-hybridized carbons (Fsp3) is 0.304. The Balaban J connectivity index is 1.37. The van der Waals surface area contributed by atoms with E-state index >= 15 is 0 Å². The van der Waals surface area contributed by atoms with Crippen molar-refractivity contribution in [3.05, 3.63) is 76.1 Å². The molecule has 1 amide bonds. The predicted octanol–water partition coefficient (Wildman–Crippen LogP) is 3.11. The van der Waals surface area contributed by atoms with Crippen LogP contribution in [0.1, 0.15) is 34.9 Å². The molecule has 0 radical (unpaired) electrons. The number of rotatable bonds is 5. The van der Waals surface area contributed by atoms with Gasteiger partial charge in [0.1, 0.15) is 22.9 Å². The highest BCUT2D eigenvalue weighted by molar-refractivity contribution is 5.94. The van der Waals surface area contributed by atoms with E-state index in [0.717, 1.165) is 0 Å². The van der Waals surface area contributed by atoms with Crippen LogP contribution >= 0.6 is 0 Å². The summed E-state index contributed by atoms with van der Waals surface area (Å²) in [4.78, 5) is 31.0. The maximum atomic E-state index is 14.6. The van der Waals surface area contributed by atoms with Crippen molar-refractivity contribution in [2.24, 2.45) is 0 Å². The molecule has 0 N–H and O–H groups in total. The second-order valence-corrected chi connectivity index (χ2v) is 8.07. The number of aromatic nitrogens is 3. The zero-order valence-corrected chi connectivity index (χ0v) is 17.3. The van der Waals surface area contributed by atoms with Gasteiger partial charge in [-0.1, -0.05) is 6.07 Å². The average Bonchev–Trinajstić information content (AvgIpc) is 3.52. The summed E-state index contributed by atoms with van der Waals surface area (Å²) in [7, 11) is 1.43. The Morgan fingerprint density at radius 3 is 2.69 bits per heavy atom. The molecule has 7 nitrogen and oxygen atoms in total. The molecule has 0 spiro atoms. The number of benzene rings is 1. The third kappa shape index (κ3) is 3.43. The molecule has 32 heavy (non-hydrogen) atoms. The van der Waals surface area contributed by atoms with Crippen molar-refractivity contribution in [3.8, 4) is 17.0 Å². The monoisotopic (exact) mass is 438 g/mol. The first kappa shape index (κ1) is 20.3. The van der Waals surface area contributed by atoms with Gasteiger partial charge in [0, 0.05) is 42.5 Å².